The monoisotopic (exact) mass is 271 g/mol. The quantitative estimate of drug-likeness (QED) is 0.626. The highest BCUT2D eigenvalue weighted by Gasteiger charge is 2.31. The Morgan fingerprint density at radius 2 is 2.16 bits per heavy atom. The number of hydrogen-bond donors (Lipinski definition) is 2. The number of rotatable bonds is 7. The van der Waals surface area contributed by atoms with Crippen LogP contribution in [0.2, 0.25) is 0 Å². The first kappa shape index (κ1) is 15.9. The molecular weight excluding hydrogens is 246 g/mol. The van der Waals surface area contributed by atoms with E-state index >= 15 is 0 Å². The zero-order valence-corrected chi connectivity index (χ0v) is 11.9. The van der Waals surface area contributed by atoms with E-state index in [1.54, 1.807) is 4.90 Å². The predicted octanol–water partition coefficient (Wildman–Crippen LogP) is -0.260. The maximum absolute atomic E-state index is 12.1. The molecule has 19 heavy (non-hydrogen) atoms. The summed E-state index contributed by atoms with van der Waals surface area (Å²) in [6.07, 6.45) is 1.29. The minimum absolute atomic E-state index is 0.00569. The second-order valence-corrected chi connectivity index (χ2v) is 4.56. The summed E-state index contributed by atoms with van der Waals surface area (Å²) >= 11 is 0. The molecule has 1 aliphatic heterocycles. The van der Waals surface area contributed by atoms with Crippen LogP contribution in [-0.2, 0) is 14.3 Å². The number of ether oxygens (including phenoxy) is 1. The van der Waals surface area contributed by atoms with Crippen molar-refractivity contribution in [2.24, 2.45) is 0 Å². The van der Waals surface area contributed by atoms with E-state index in [9.17, 15) is 9.59 Å². The van der Waals surface area contributed by atoms with Crippen LogP contribution in [0.1, 0.15) is 26.7 Å². The molecule has 1 saturated heterocycles. The van der Waals surface area contributed by atoms with Crippen molar-refractivity contribution in [1.82, 2.24) is 15.5 Å². The molecular formula is C13H25N3O3. The van der Waals surface area contributed by atoms with E-state index in [-0.39, 0.29) is 11.8 Å². The van der Waals surface area contributed by atoms with Gasteiger partial charge in [0, 0.05) is 32.8 Å². The van der Waals surface area contributed by atoms with Crippen LogP contribution in [-0.4, -0.2) is 62.1 Å². The predicted molar refractivity (Wildman–Crippen MR) is 72.8 cm³/mol. The first-order valence-corrected chi connectivity index (χ1v) is 7.06. The number of carbonyl (C=O) groups excluding carboxylic acids is 2. The van der Waals surface area contributed by atoms with E-state index in [0.29, 0.717) is 39.3 Å². The molecule has 0 aliphatic carbocycles. The molecule has 1 aliphatic rings. The lowest BCUT2D eigenvalue weighted by Gasteiger charge is -2.35. The van der Waals surface area contributed by atoms with Gasteiger partial charge in [-0.2, -0.15) is 0 Å². The number of amides is 2. The summed E-state index contributed by atoms with van der Waals surface area (Å²) in [4.78, 5) is 25.7. The lowest BCUT2D eigenvalue weighted by atomic mass is 10.1. The van der Waals surface area contributed by atoms with Gasteiger partial charge in [0.2, 0.25) is 11.8 Å². The minimum atomic E-state index is -0.396. The van der Waals surface area contributed by atoms with Gasteiger partial charge in [-0.15, -0.1) is 0 Å². The van der Waals surface area contributed by atoms with E-state index in [1.807, 2.05) is 13.8 Å². The zero-order chi connectivity index (χ0) is 14.1. The van der Waals surface area contributed by atoms with Crippen LogP contribution < -0.4 is 10.6 Å². The molecule has 0 bridgehead atoms. The van der Waals surface area contributed by atoms with Crippen LogP contribution in [0.15, 0.2) is 0 Å². The van der Waals surface area contributed by atoms with E-state index < -0.39 is 6.04 Å². The van der Waals surface area contributed by atoms with Crippen LogP contribution in [0.25, 0.3) is 0 Å². The van der Waals surface area contributed by atoms with Gasteiger partial charge in [-0.3, -0.25) is 9.59 Å². The third kappa shape index (κ3) is 5.16. The Bertz CT molecular complexity index is 297. The Kier molecular flexibility index (Phi) is 7.43. The molecule has 0 aromatic heterocycles. The third-order valence-electron chi connectivity index (χ3n) is 3.03. The molecule has 6 nitrogen and oxygen atoms in total. The summed E-state index contributed by atoms with van der Waals surface area (Å²) in [5.41, 5.74) is 0. The van der Waals surface area contributed by atoms with E-state index in [2.05, 4.69) is 10.6 Å². The van der Waals surface area contributed by atoms with Crippen LogP contribution in [0.5, 0.6) is 0 Å². The molecule has 0 aromatic rings. The van der Waals surface area contributed by atoms with Crippen molar-refractivity contribution in [2.45, 2.75) is 32.7 Å². The summed E-state index contributed by atoms with van der Waals surface area (Å²) in [5.74, 6) is -0.0913. The standard InChI is InChI=1S/C13H25N3O3/c1-3-8-19-9-5-12(17)16-7-6-14-10-11(16)13(18)15-4-2/h11,14H,3-10H2,1-2H3,(H,15,18). The van der Waals surface area contributed by atoms with Gasteiger partial charge in [-0.05, 0) is 13.3 Å². The second-order valence-electron chi connectivity index (χ2n) is 4.56. The van der Waals surface area contributed by atoms with Crippen LogP contribution in [0.4, 0.5) is 0 Å². The molecule has 2 N–H and O–H groups in total. The number of likely N-dealkylation sites (N-methyl/N-ethyl adjacent to an activating group) is 1. The van der Waals surface area contributed by atoms with Gasteiger partial charge in [0.1, 0.15) is 6.04 Å². The van der Waals surface area contributed by atoms with Gasteiger partial charge in [0.05, 0.1) is 13.0 Å². The largest absolute Gasteiger partial charge is 0.381 e. The van der Waals surface area contributed by atoms with Crippen molar-refractivity contribution >= 4 is 11.8 Å². The lowest BCUT2D eigenvalue weighted by Crippen LogP contribution is -2.59. The van der Waals surface area contributed by atoms with Crippen molar-refractivity contribution < 1.29 is 14.3 Å². The summed E-state index contributed by atoms with van der Waals surface area (Å²) in [7, 11) is 0. The summed E-state index contributed by atoms with van der Waals surface area (Å²) in [5, 5.41) is 5.92. The molecule has 6 heteroatoms. The highest BCUT2D eigenvalue weighted by Crippen LogP contribution is 2.06. The first-order chi connectivity index (χ1) is 9.20. The van der Waals surface area contributed by atoms with E-state index in [1.165, 1.54) is 0 Å². The number of nitrogens with one attached hydrogen (secondary N) is 2. The number of piperazine rings is 1. The van der Waals surface area contributed by atoms with Crippen LogP contribution in [0, 0.1) is 0 Å². The second kappa shape index (κ2) is 8.87. The van der Waals surface area contributed by atoms with E-state index in [0.717, 1.165) is 13.0 Å². The molecule has 0 saturated carbocycles. The van der Waals surface area contributed by atoms with Gasteiger partial charge in [0.15, 0.2) is 0 Å². The smallest absolute Gasteiger partial charge is 0.244 e. The SMILES string of the molecule is CCCOCCC(=O)N1CCNCC1C(=O)NCC. The molecule has 1 atom stereocenters. The number of hydrogen-bond acceptors (Lipinski definition) is 4. The number of carbonyl (C=O) groups is 2. The summed E-state index contributed by atoms with van der Waals surface area (Å²) < 4.78 is 5.32. The Labute approximate surface area is 114 Å². The molecule has 0 aromatic carbocycles. The van der Waals surface area contributed by atoms with Gasteiger partial charge < -0.3 is 20.3 Å². The third-order valence-corrected chi connectivity index (χ3v) is 3.03. The molecule has 0 spiro atoms. The average Bonchev–Trinajstić information content (AvgIpc) is 2.43. The Balaban J connectivity index is 2.46. The minimum Gasteiger partial charge on any atom is -0.381 e. The topological polar surface area (TPSA) is 70.7 Å². The number of nitrogens with zero attached hydrogens (tertiary/aromatic N) is 1. The van der Waals surface area contributed by atoms with Crippen LogP contribution >= 0.6 is 0 Å². The highest BCUT2D eigenvalue weighted by atomic mass is 16.5. The first-order valence-electron chi connectivity index (χ1n) is 7.06. The zero-order valence-electron chi connectivity index (χ0n) is 11.9. The average molecular weight is 271 g/mol. The fourth-order valence-electron chi connectivity index (χ4n) is 2.08. The van der Waals surface area contributed by atoms with E-state index in [4.69, 9.17) is 4.74 Å². The molecule has 1 fully saturated rings. The normalized spacial score (nSPS) is 19.3. The van der Waals surface area contributed by atoms with Gasteiger partial charge in [-0.1, -0.05) is 6.92 Å². The summed E-state index contributed by atoms with van der Waals surface area (Å²) in [6.45, 7) is 7.42. The molecule has 1 rings (SSSR count). The fraction of sp³-hybridized carbons (Fsp3) is 0.846. The molecule has 0 radical (unpaired) electrons. The maximum Gasteiger partial charge on any atom is 0.244 e. The van der Waals surface area contributed by atoms with Gasteiger partial charge >= 0.3 is 0 Å². The van der Waals surface area contributed by atoms with Crippen molar-refractivity contribution in [3.05, 3.63) is 0 Å². The maximum atomic E-state index is 12.1. The Morgan fingerprint density at radius 1 is 1.37 bits per heavy atom. The van der Waals surface area contributed by atoms with Gasteiger partial charge in [-0.25, -0.2) is 0 Å². The summed E-state index contributed by atoms with van der Waals surface area (Å²) in [6, 6.07) is -0.396. The molecule has 2 amide bonds. The lowest BCUT2D eigenvalue weighted by molar-refractivity contribution is -0.142. The van der Waals surface area contributed by atoms with Crippen molar-refractivity contribution in [3.8, 4) is 0 Å². The van der Waals surface area contributed by atoms with Crippen molar-refractivity contribution in [1.29, 1.82) is 0 Å². The van der Waals surface area contributed by atoms with Crippen LogP contribution in [0.3, 0.4) is 0 Å². The van der Waals surface area contributed by atoms with Gasteiger partial charge in [0.25, 0.3) is 0 Å². The Hall–Kier alpha value is -1.14. The molecule has 1 heterocycles. The van der Waals surface area contributed by atoms with Crippen molar-refractivity contribution in [3.63, 3.8) is 0 Å². The molecule has 110 valence electrons. The van der Waals surface area contributed by atoms with Crippen molar-refractivity contribution in [2.75, 3.05) is 39.4 Å². The Morgan fingerprint density at radius 3 is 2.84 bits per heavy atom. The highest BCUT2D eigenvalue weighted by molar-refractivity contribution is 5.88. The fourth-order valence-corrected chi connectivity index (χ4v) is 2.08. The molecule has 1 unspecified atom stereocenters.